The molecule has 19 heavy (non-hydrogen) atoms. The monoisotopic (exact) mass is 286 g/mol. The lowest BCUT2D eigenvalue weighted by Gasteiger charge is -2.37. The Hall–Kier alpha value is -1.34. The second kappa shape index (κ2) is 4.97. The van der Waals surface area contributed by atoms with E-state index in [0.29, 0.717) is 12.8 Å². The van der Waals surface area contributed by atoms with Crippen LogP contribution in [0.1, 0.15) is 32.6 Å². The number of carboxylic acid groups (broad SMARTS) is 1. The van der Waals surface area contributed by atoms with Gasteiger partial charge in [0.25, 0.3) is 0 Å². The molecule has 1 fully saturated rings. The average Bonchev–Trinajstić information content (AvgIpc) is 2.86. The van der Waals surface area contributed by atoms with Crippen LogP contribution in [0.25, 0.3) is 0 Å². The van der Waals surface area contributed by atoms with E-state index in [2.05, 4.69) is 9.71 Å². The van der Waals surface area contributed by atoms with Crippen molar-refractivity contribution in [1.82, 2.24) is 9.71 Å². The molecule has 0 amide bonds. The van der Waals surface area contributed by atoms with Crippen LogP contribution in [0.3, 0.4) is 0 Å². The molecule has 2 atom stereocenters. The maximum Gasteiger partial charge on any atom is 0.310 e. The number of sulfonamides is 1. The lowest BCUT2D eigenvalue weighted by atomic mass is 9.72. The number of nitrogens with one attached hydrogen (secondary N) is 2. The van der Waals surface area contributed by atoms with Gasteiger partial charge in [-0.1, -0.05) is 12.8 Å². The predicted molar refractivity (Wildman–Crippen MR) is 69.1 cm³/mol. The van der Waals surface area contributed by atoms with Crippen molar-refractivity contribution in [2.75, 3.05) is 0 Å². The summed E-state index contributed by atoms with van der Waals surface area (Å²) in [6.45, 7) is 1.61. The predicted octanol–water partition coefficient (Wildman–Crippen LogP) is 1.33. The van der Waals surface area contributed by atoms with Crippen LogP contribution in [0, 0.1) is 5.41 Å². The molecule has 1 aliphatic carbocycles. The lowest BCUT2D eigenvalue weighted by molar-refractivity contribution is -0.151. The van der Waals surface area contributed by atoms with Gasteiger partial charge in [0.05, 0.1) is 10.3 Å². The topological polar surface area (TPSA) is 99.3 Å². The van der Waals surface area contributed by atoms with Gasteiger partial charge in [-0.2, -0.15) is 0 Å². The molecule has 1 aromatic rings. The van der Waals surface area contributed by atoms with Crippen molar-refractivity contribution >= 4 is 16.0 Å². The minimum atomic E-state index is -3.67. The van der Waals surface area contributed by atoms with Crippen LogP contribution < -0.4 is 4.72 Å². The lowest BCUT2D eigenvalue weighted by Crippen LogP contribution is -2.52. The Morgan fingerprint density at radius 2 is 2.26 bits per heavy atom. The molecule has 0 saturated heterocycles. The zero-order valence-corrected chi connectivity index (χ0v) is 11.5. The van der Waals surface area contributed by atoms with E-state index in [1.54, 1.807) is 6.92 Å². The third-order valence-corrected chi connectivity index (χ3v) is 5.34. The molecule has 0 bridgehead atoms. The standard InChI is InChI=1S/C12H18N2O4S/c1-12(11(15)16)6-3-2-4-10(12)14-19(17,18)9-5-7-13-8-9/h5,7-8,10,13-14H,2-4,6H2,1H3,(H,15,16). The number of H-pyrrole nitrogens is 1. The third-order valence-electron chi connectivity index (χ3n) is 3.87. The molecule has 2 rings (SSSR count). The maximum absolute atomic E-state index is 12.1. The molecule has 6 nitrogen and oxygen atoms in total. The van der Waals surface area contributed by atoms with E-state index in [0.717, 1.165) is 12.8 Å². The van der Waals surface area contributed by atoms with E-state index in [1.807, 2.05) is 0 Å². The van der Waals surface area contributed by atoms with Gasteiger partial charge in [-0.05, 0) is 25.8 Å². The van der Waals surface area contributed by atoms with Crippen LogP contribution in [0.5, 0.6) is 0 Å². The number of aromatic nitrogens is 1. The van der Waals surface area contributed by atoms with Gasteiger partial charge in [0.1, 0.15) is 0 Å². The number of aliphatic carboxylic acids is 1. The summed E-state index contributed by atoms with van der Waals surface area (Å²) in [6, 6.07) is 0.877. The molecule has 2 unspecified atom stereocenters. The van der Waals surface area contributed by atoms with E-state index in [9.17, 15) is 18.3 Å². The van der Waals surface area contributed by atoms with Gasteiger partial charge < -0.3 is 10.1 Å². The fourth-order valence-corrected chi connectivity index (χ4v) is 3.87. The summed E-state index contributed by atoms with van der Waals surface area (Å²) >= 11 is 0. The molecule has 106 valence electrons. The zero-order valence-electron chi connectivity index (χ0n) is 10.7. The van der Waals surface area contributed by atoms with Gasteiger partial charge in [0.15, 0.2) is 0 Å². The van der Waals surface area contributed by atoms with Crippen molar-refractivity contribution in [3.05, 3.63) is 18.5 Å². The van der Waals surface area contributed by atoms with Gasteiger partial charge >= 0.3 is 5.97 Å². The summed E-state index contributed by atoms with van der Waals surface area (Å²) in [5, 5.41) is 9.35. The minimum absolute atomic E-state index is 0.130. The Balaban J connectivity index is 2.24. The Kier molecular flexibility index (Phi) is 3.69. The Bertz CT molecular complexity index is 552. The van der Waals surface area contributed by atoms with Gasteiger partial charge in [-0.3, -0.25) is 4.79 Å². The molecule has 0 radical (unpaired) electrons. The Labute approximate surface area is 112 Å². The molecule has 1 aromatic heterocycles. The van der Waals surface area contributed by atoms with Crippen molar-refractivity contribution in [1.29, 1.82) is 0 Å². The molecular weight excluding hydrogens is 268 g/mol. The summed E-state index contributed by atoms with van der Waals surface area (Å²) in [4.78, 5) is 14.2. The first-order valence-corrected chi connectivity index (χ1v) is 7.73. The van der Waals surface area contributed by atoms with Crippen LogP contribution in [0.2, 0.25) is 0 Å². The minimum Gasteiger partial charge on any atom is -0.481 e. The Morgan fingerprint density at radius 3 is 2.84 bits per heavy atom. The fraction of sp³-hybridized carbons (Fsp3) is 0.583. The van der Waals surface area contributed by atoms with E-state index in [4.69, 9.17) is 0 Å². The molecule has 0 aromatic carbocycles. The van der Waals surface area contributed by atoms with Crippen molar-refractivity contribution in [3.8, 4) is 0 Å². The number of hydrogen-bond acceptors (Lipinski definition) is 3. The zero-order chi connectivity index (χ0) is 14.1. The normalized spacial score (nSPS) is 28.2. The highest BCUT2D eigenvalue weighted by Gasteiger charge is 2.44. The van der Waals surface area contributed by atoms with Crippen molar-refractivity contribution < 1.29 is 18.3 Å². The third kappa shape index (κ3) is 2.66. The summed E-state index contributed by atoms with van der Waals surface area (Å²) in [6.07, 6.45) is 5.58. The number of hydrogen-bond donors (Lipinski definition) is 3. The average molecular weight is 286 g/mol. The molecule has 7 heteroatoms. The molecule has 1 saturated carbocycles. The first-order valence-electron chi connectivity index (χ1n) is 6.25. The maximum atomic E-state index is 12.1. The van der Waals surface area contributed by atoms with Crippen molar-refractivity contribution in [3.63, 3.8) is 0 Å². The quantitative estimate of drug-likeness (QED) is 0.777. The van der Waals surface area contributed by atoms with E-state index in [1.165, 1.54) is 18.5 Å². The molecular formula is C12H18N2O4S. The van der Waals surface area contributed by atoms with Crippen LogP contribution in [0.4, 0.5) is 0 Å². The largest absolute Gasteiger partial charge is 0.481 e. The first-order chi connectivity index (χ1) is 8.86. The smallest absolute Gasteiger partial charge is 0.310 e. The molecule has 1 aliphatic rings. The van der Waals surface area contributed by atoms with E-state index < -0.39 is 27.4 Å². The number of aromatic amines is 1. The summed E-state index contributed by atoms with van der Waals surface area (Å²) in [7, 11) is -3.67. The highest BCUT2D eigenvalue weighted by atomic mass is 32.2. The fourth-order valence-electron chi connectivity index (χ4n) is 2.51. The summed E-state index contributed by atoms with van der Waals surface area (Å²) < 4.78 is 26.8. The van der Waals surface area contributed by atoms with Gasteiger partial charge in [0.2, 0.25) is 10.0 Å². The highest BCUT2D eigenvalue weighted by molar-refractivity contribution is 7.89. The van der Waals surface area contributed by atoms with Crippen LogP contribution in [-0.4, -0.2) is 30.5 Å². The number of carbonyl (C=O) groups is 1. The van der Waals surface area contributed by atoms with Gasteiger partial charge in [0, 0.05) is 18.4 Å². The second-order valence-corrected chi connectivity index (χ2v) is 6.90. The van der Waals surface area contributed by atoms with Crippen LogP contribution in [-0.2, 0) is 14.8 Å². The molecule has 1 heterocycles. The first kappa shape index (κ1) is 14.1. The van der Waals surface area contributed by atoms with Gasteiger partial charge in [-0.15, -0.1) is 0 Å². The van der Waals surface area contributed by atoms with Crippen molar-refractivity contribution in [2.45, 2.75) is 43.5 Å². The van der Waals surface area contributed by atoms with Crippen LogP contribution in [0.15, 0.2) is 23.4 Å². The van der Waals surface area contributed by atoms with Gasteiger partial charge in [-0.25, -0.2) is 13.1 Å². The SMILES string of the molecule is CC1(C(=O)O)CCCCC1NS(=O)(=O)c1cc[nH]c1. The number of rotatable bonds is 4. The van der Waals surface area contributed by atoms with Crippen LogP contribution >= 0.6 is 0 Å². The second-order valence-electron chi connectivity index (χ2n) is 5.19. The number of carboxylic acids is 1. The van der Waals surface area contributed by atoms with E-state index in [-0.39, 0.29) is 4.90 Å². The van der Waals surface area contributed by atoms with E-state index >= 15 is 0 Å². The highest BCUT2D eigenvalue weighted by Crippen LogP contribution is 2.37. The Morgan fingerprint density at radius 1 is 1.53 bits per heavy atom. The molecule has 3 N–H and O–H groups in total. The van der Waals surface area contributed by atoms with Crippen molar-refractivity contribution in [2.24, 2.45) is 5.41 Å². The summed E-state index contributed by atoms with van der Waals surface area (Å²) in [5.74, 6) is -0.950. The summed E-state index contributed by atoms with van der Waals surface area (Å²) in [5.41, 5.74) is -1.04. The molecule has 0 spiro atoms. The molecule has 0 aliphatic heterocycles.